The number of hydrogen-bond acceptors (Lipinski definition) is 8. The largest absolute Gasteiger partial charge is 0.490 e. The number of fused-ring (bicyclic) bond motifs is 4. The van der Waals surface area contributed by atoms with Crippen LogP contribution in [-0.4, -0.2) is 65.9 Å². The highest BCUT2D eigenvalue weighted by Gasteiger charge is 2.51. The Kier molecular flexibility index (Phi) is 8.87. The highest BCUT2D eigenvalue weighted by molar-refractivity contribution is 7.99. The summed E-state index contributed by atoms with van der Waals surface area (Å²) in [7, 11) is -1.30. The number of benzene rings is 2. The number of amides is 1. The number of halogens is 1. The number of carbonyl (C=O) groups is 1. The Labute approximate surface area is 293 Å². The Morgan fingerprint density at radius 1 is 1.20 bits per heavy atom. The smallest absolute Gasteiger partial charge is 0.262 e. The molecule has 3 N–H and O–H groups in total. The molecule has 2 bridgehead atoms. The third-order valence-electron chi connectivity index (χ3n) is 11.6. The first-order chi connectivity index (χ1) is 23.3. The predicted molar refractivity (Wildman–Crippen MR) is 192 cm³/mol. The van der Waals surface area contributed by atoms with Crippen molar-refractivity contribution in [1.29, 1.82) is 0 Å². The van der Waals surface area contributed by atoms with E-state index in [1.807, 2.05) is 44.2 Å². The van der Waals surface area contributed by atoms with Crippen LogP contribution in [0.15, 0.2) is 48.6 Å². The molecule has 1 fully saturated rings. The Morgan fingerprint density at radius 2 is 2.02 bits per heavy atom. The summed E-state index contributed by atoms with van der Waals surface area (Å²) in [6.07, 6.45) is 8.80. The zero-order chi connectivity index (χ0) is 34.7. The number of nitrogens with zero attached hydrogens (tertiary/aromatic N) is 4. The molecule has 7 atom stereocenters. The number of carbonyl (C=O) groups excluding carboxylic acids is 1. The number of rotatable bonds is 2. The summed E-state index contributed by atoms with van der Waals surface area (Å²) in [4.78, 5) is 20.6. The lowest BCUT2D eigenvalue weighted by molar-refractivity contribution is -0.0583. The lowest BCUT2D eigenvalue weighted by Gasteiger charge is -2.48. The highest BCUT2D eigenvalue weighted by Crippen LogP contribution is 2.50. The molecule has 1 unspecified atom stereocenters. The van der Waals surface area contributed by atoms with E-state index in [1.165, 1.54) is 11.1 Å². The molecule has 3 aromatic rings. The Bertz CT molecular complexity index is 1910. The average Bonchev–Trinajstić information content (AvgIpc) is 3.38. The van der Waals surface area contributed by atoms with E-state index in [4.69, 9.17) is 16.3 Å². The van der Waals surface area contributed by atoms with E-state index in [0.717, 1.165) is 42.8 Å². The second-order valence-electron chi connectivity index (χ2n) is 14.7. The van der Waals surface area contributed by atoms with Gasteiger partial charge in [0, 0.05) is 47.3 Å². The third kappa shape index (κ3) is 6.06. The summed E-state index contributed by atoms with van der Waals surface area (Å²) < 4.78 is 24.9. The van der Waals surface area contributed by atoms with Crippen LogP contribution in [0.25, 0.3) is 0 Å². The van der Waals surface area contributed by atoms with E-state index in [1.54, 1.807) is 17.8 Å². The van der Waals surface area contributed by atoms with Gasteiger partial charge in [-0.3, -0.25) is 9.52 Å². The van der Waals surface area contributed by atoms with E-state index < -0.39 is 26.5 Å². The van der Waals surface area contributed by atoms with Gasteiger partial charge in [0.1, 0.15) is 18.0 Å². The van der Waals surface area contributed by atoms with Gasteiger partial charge in [-0.25, -0.2) is 13.9 Å². The van der Waals surface area contributed by atoms with Crippen molar-refractivity contribution < 1.29 is 24.0 Å². The van der Waals surface area contributed by atoms with Gasteiger partial charge in [-0.1, -0.05) is 30.7 Å². The van der Waals surface area contributed by atoms with Gasteiger partial charge in [0.25, 0.3) is 5.91 Å². The predicted octanol–water partition coefficient (Wildman–Crippen LogP) is 4.69. The number of ether oxygens (including phenoxy) is 1. The minimum atomic E-state index is -3.04. The molecule has 4 aliphatic rings. The SMILES string of the molecule is C=S1(=O)NC(=O)c2ccc3c(c2)N(C[C@@H]2CC[C@H]2[C@](O)(c2nc(CO)nn2C)/C=C/C[C@H](C)[C@H]1C)C[C@@]1(CCCc2cc(Cl)ccc21)CO3. The molecular weight excluding hydrogens is 662 g/mol. The van der Waals surface area contributed by atoms with Crippen molar-refractivity contribution in [2.75, 3.05) is 24.6 Å². The lowest BCUT2D eigenvalue weighted by atomic mass is 9.63. The van der Waals surface area contributed by atoms with Crippen LogP contribution >= 0.6 is 11.6 Å². The van der Waals surface area contributed by atoms with Crippen molar-refractivity contribution in [2.45, 2.75) is 75.2 Å². The van der Waals surface area contributed by atoms with Crippen LogP contribution in [0.2, 0.25) is 5.02 Å². The quantitative estimate of drug-likeness (QED) is 0.259. The fourth-order valence-corrected chi connectivity index (χ4v) is 10.1. The van der Waals surface area contributed by atoms with Gasteiger partial charge in [-0.2, -0.15) is 5.10 Å². The fourth-order valence-electron chi connectivity index (χ4n) is 8.46. The van der Waals surface area contributed by atoms with Crippen LogP contribution in [0.3, 0.4) is 0 Å². The topological polar surface area (TPSA) is 130 Å². The molecule has 2 aliphatic heterocycles. The van der Waals surface area contributed by atoms with Gasteiger partial charge >= 0.3 is 0 Å². The summed E-state index contributed by atoms with van der Waals surface area (Å²) in [6.45, 7) is 5.21. The second-order valence-corrected chi connectivity index (χ2v) is 17.5. The van der Waals surface area contributed by atoms with E-state index in [-0.39, 0.29) is 35.6 Å². The minimum Gasteiger partial charge on any atom is -0.490 e. The van der Waals surface area contributed by atoms with Gasteiger partial charge in [-0.15, -0.1) is 0 Å². The van der Waals surface area contributed by atoms with Gasteiger partial charge in [0.15, 0.2) is 11.6 Å². The first-order valence-electron chi connectivity index (χ1n) is 17.2. The summed E-state index contributed by atoms with van der Waals surface area (Å²) in [5, 5.41) is 27.2. The maximum atomic E-state index is 13.9. The Hall–Kier alpha value is -3.38. The molecule has 12 heteroatoms. The van der Waals surface area contributed by atoms with Gasteiger partial charge in [0.2, 0.25) is 0 Å². The first kappa shape index (κ1) is 34.1. The van der Waals surface area contributed by atoms with Crippen molar-refractivity contribution in [3.63, 3.8) is 0 Å². The molecule has 1 spiro atoms. The monoisotopic (exact) mass is 707 g/mol. The number of nitrogens with one attached hydrogen (secondary N) is 1. The van der Waals surface area contributed by atoms with E-state index in [2.05, 4.69) is 37.7 Å². The van der Waals surface area contributed by atoms with Crippen molar-refractivity contribution in [3.8, 4) is 5.75 Å². The van der Waals surface area contributed by atoms with E-state index in [9.17, 15) is 19.2 Å². The molecule has 3 heterocycles. The van der Waals surface area contributed by atoms with Crippen LogP contribution in [0, 0.1) is 17.8 Å². The summed E-state index contributed by atoms with van der Waals surface area (Å²) in [5.74, 6) is 4.62. The summed E-state index contributed by atoms with van der Waals surface area (Å²) >= 11 is 6.46. The molecule has 2 aromatic carbocycles. The molecule has 0 radical (unpaired) electrons. The number of aryl methyl sites for hydroxylation is 2. The molecule has 10 nitrogen and oxygen atoms in total. The van der Waals surface area contributed by atoms with Crippen LogP contribution < -0.4 is 14.4 Å². The molecule has 49 heavy (non-hydrogen) atoms. The second kappa shape index (κ2) is 12.7. The van der Waals surface area contributed by atoms with Crippen molar-refractivity contribution in [2.24, 2.45) is 24.8 Å². The van der Waals surface area contributed by atoms with Crippen molar-refractivity contribution in [1.82, 2.24) is 19.5 Å². The number of aliphatic hydroxyl groups is 2. The van der Waals surface area contributed by atoms with Crippen LogP contribution in [0.1, 0.15) is 79.1 Å². The lowest BCUT2D eigenvalue weighted by Crippen LogP contribution is -2.52. The number of aromatic nitrogens is 3. The fraction of sp³-hybridized carbons (Fsp3) is 0.514. The highest BCUT2D eigenvalue weighted by atomic mass is 35.5. The molecule has 1 saturated carbocycles. The van der Waals surface area contributed by atoms with E-state index in [0.29, 0.717) is 43.3 Å². The molecule has 7 rings (SSSR count). The van der Waals surface area contributed by atoms with Gasteiger partial charge < -0.3 is 19.8 Å². The molecular formula is C37H46ClN5O5S. The van der Waals surface area contributed by atoms with Crippen LogP contribution in [0.4, 0.5) is 5.69 Å². The molecule has 2 aliphatic carbocycles. The number of hydrogen-bond donors (Lipinski definition) is 3. The van der Waals surface area contributed by atoms with Crippen molar-refractivity contribution >= 4 is 38.8 Å². The number of aliphatic hydroxyl groups excluding tert-OH is 1. The molecule has 1 aromatic heterocycles. The zero-order valence-electron chi connectivity index (χ0n) is 28.4. The van der Waals surface area contributed by atoms with Gasteiger partial charge in [-0.05, 0) is 111 Å². The average molecular weight is 708 g/mol. The Morgan fingerprint density at radius 3 is 2.76 bits per heavy atom. The molecule has 262 valence electrons. The van der Waals surface area contributed by atoms with E-state index >= 15 is 0 Å². The number of anilines is 1. The first-order valence-corrected chi connectivity index (χ1v) is 19.4. The van der Waals surface area contributed by atoms with Gasteiger partial charge in [0.05, 0.1) is 22.0 Å². The van der Waals surface area contributed by atoms with Crippen molar-refractivity contribution in [3.05, 3.63) is 81.9 Å². The molecule has 1 amide bonds. The zero-order valence-corrected chi connectivity index (χ0v) is 30.0. The summed E-state index contributed by atoms with van der Waals surface area (Å²) in [6, 6.07) is 11.6. The minimum absolute atomic E-state index is 0.0699. The van der Waals surface area contributed by atoms with Crippen LogP contribution in [0.5, 0.6) is 5.75 Å². The maximum Gasteiger partial charge on any atom is 0.262 e. The Balaban J connectivity index is 1.36. The number of allylic oxidation sites excluding steroid dienone is 1. The standard InChI is InChI=1S/C37H46ClN5O5S/c1-23-7-5-16-37(46,35-39-33(20-44)40-42(35)3)30-12-9-27(30)19-43-21-36(15-6-8-25-17-28(38)11-13-29(25)36)22-48-32-14-10-26(18-31(32)43)34(45)41-49(4,47)24(23)2/h5,10-11,13-14,16-18,23-24,27,30,44,46H,4,6-9,12,15,19-22H2,1-3H3,(H,41,45,47)/b16-5+/t23-,24+,27-,30+,36-,37-,49?/m0/s1. The molecule has 0 saturated heterocycles. The normalized spacial score (nSPS) is 33.8. The third-order valence-corrected chi connectivity index (χ3v) is 14.0. The van der Waals surface area contributed by atoms with Crippen LogP contribution in [-0.2, 0) is 40.8 Å². The summed E-state index contributed by atoms with van der Waals surface area (Å²) in [5.41, 5.74) is 1.88. The maximum absolute atomic E-state index is 13.9.